The Labute approximate surface area is 204 Å². The second-order valence-electron chi connectivity index (χ2n) is 9.88. The number of amides is 2. The minimum absolute atomic E-state index is 0. The molecule has 4 aliphatic carbocycles. The quantitative estimate of drug-likeness (QED) is 0.311. The van der Waals surface area contributed by atoms with Crippen LogP contribution in [0, 0.1) is 17.8 Å². The van der Waals surface area contributed by atoms with Crippen LogP contribution in [0.25, 0.3) is 0 Å². The zero-order chi connectivity index (χ0) is 20.9. The first-order valence-corrected chi connectivity index (χ1v) is 11.0. The Bertz CT molecular complexity index is 826. The first-order chi connectivity index (χ1) is 14.4. The van der Waals surface area contributed by atoms with Crippen LogP contribution in [0.5, 0.6) is 0 Å². The van der Waals surface area contributed by atoms with Gasteiger partial charge in [-0.05, 0) is 61.8 Å². The Morgan fingerprint density at radius 1 is 1.00 bits per heavy atom. The van der Waals surface area contributed by atoms with Crippen LogP contribution in [-0.4, -0.2) is 41.4 Å². The SMILES string of the molecule is O=C(NC12CC3CC(CC(C3)C1)C2)[C@H](Cc1ccccc1)NC(=O)[C@H]1N[C@@H]1C(=O)[O-].[Na+]. The molecule has 0 unspecified atom stereocenters. The second-order valence-corrected chi connectivity index (χ2v) is 9.88. The summed E-state index contributed by atoms with van der Waals surface area (Å²) >= 11 is 0. The molecule has 160 valence electrons. The minimum Gasteiger partial charge on any atom is -0.548 e. The summed E-state index contributed by atoms with van der Waals surface area (Å²) in [6, 6.07) is 7.02. The van der Waals surface area contributed by atoms with E-state index in [1.165, 1.54) is 19.3 Å². The third kappa shape index (κ3) is 4.85. The number of nitrogens with one attached hydrogen (secondary N) is 3. The molecule has 0 spiro atoms. The molecule has 3 atom stereocenters. The summed E-state index contributed by atoms with van der Waals surface area (Å²) in [6.07, 6.45) is 7.34. The Hall–Kier alpha value is -1.41. The molecular formula is C23H28N3NaO4. The third-order valence-electron chi connectivity index (χ3n) is 7.46. The zero-order valence-corrected chi connectivity index (χ0v) is 19.9. The van der Waals surface area contributed by atoms with Crippen molar-refractivity contribution in [1.29, 1.82) is 0 Å². The van der Waals surface area contributed by atoms with Gasteiger partial charge in [0.1, 0.15) is 12.1 Å². The number of rotatable bonds is 7. The van der Waals surface area contributed by atoms with Crippen LogP contribution in [0.15, 0.2) is 30.3 Å². The van der Waals surface area contributed by atoms with Crippen LogP contribution < -0.4 is 50.6 Å². The molecule has 5 aliphatic rings. The van der Waals surface area contributed by atoms with Crippen molar-refractivity contribution in [2.75, 3.05) is 0 Å². The van der Waals surface area contributed by atoms with Gasteiger partial charge in [-0.2, -0.15) is 0 Å². The number of carbonyl (C=O) groups is 3. The standard InChI is InChI=1S/C23H29N3O4.Na/c27-20(26-23-10-14-6-15(11-23)8-16(7-14)12-23)17(9-13-4-2-1-3-5-13)24-21(28)18-19(25-18)22(29)30;/h1-5,14-19,25H,6-12H2,(H,24,28)(H,26,27)(H,29,30);/q;+1/p-1/t14?,15?,16?,17-,18-,19-,23?;/m0./s1. The van der Waals surface area contributed by atoms with Crippen molar-refractivity contribution >= 4 is 17.8 Å². The molecule has 31 heavy (non-hydrogen) atoms. The van der Waals surface area contributed by atoms with E-state index >= 15 is 0 Å². The predicted molar refractivity (Wildman–Crippen MR) is 107 cm³/mol. The maximum atomic E-state index is 13.4. The second kappa shape index (κ2) is 8.85. The summed E-state index contributed by atoms with van der Waals surface area (Å²) in [6.45, 7) is 0. The number of carboxylic acid groups (broad SMARTS) is 1. The average molecular weight is 433 g/mol. The summed E-state index contributed by atoms with van der Waals surface area (Å²) < 4.78 is 0. The predicted octanol–water partition coefficient (Wildman–Crippen LogP) is -3.11. The Balaban J connectivity index is 0.00000231. The van der Waals surface area contributed by atoms with Crippen molar-refractivity contribution in [2.24, 2.45) is 17.8 Å². The van der Waals surface area contributed by atoms with Gasteiger partial charge in [0.25, 0.3) is 0 Å². The third-order valence-corrected chi connectivity index (χ3v) is 7.46. The van der Waals surface area contributed by atoms with Gasteiger partial charge in [-0.3, -0.25) is 14.9 Å². The van der Waals surface area contributed by atoms with Gasteiger partial charge in [-0.1, -0.05) is 30.3 Å². The van der Waals surface area contributed by atoms with Crippen molar-refractivity contribution in [2.45, 2.75) is 68.6 Å². The van der Waals surface area contributed by atoms with Crippen molar-refractivity contribution in [3.8, 4) is 0 Å². The molecule has 1 aromatic rings. The molecule has 7 nitrogen and oxygen atoms in total. The van der Waals surface area contributed by atoms with Crippen LogP contribution in [0.2, 0.25) is 0 Å². The molecule has 8 heteroatoms. The van der Waals surface area contributed by atoms with Crippen molar-refractivity contribution in [3.63, 3.8) is 0 Å². The number of aliphatic carboxylic acids is 1. The van der Waals surface area contributed by atoms with E-state index in [4.69, 9.17) is 0 Å². The van der Waals surface area contributed by atoms with Crippen LogP contribution in [-0.2, 0) is 20.8 Å². The summed E-state index contributed by atoms with van der Waals surface area (Å²) in [5.41, 5.74) is 0.806. The Morgan fingerprint density at radius 2 is 1.58 bits per heavy atom. The number of benzene rings is 1. The topological polar surface area (TPSA) is 120 Å². The van der Waals surface area contributed by atoms with Gasteiger partial charge in [-0.15, -0.1) is 0 Å². The molecule has 2 amide bonds. The molecule has 1 heterocycles. The zero-order valence-electron chi connectivity index (χ0n) is 17.9. The van der Waals surface area contributed by atoms with Crippen LogP contribution in [0.3, 0.4) is 0 Å². The van der Waals surface area contributed by atoms with Crippen LogP contribution in [0.4, 0.5) is 0 Å². The van der Waals surface area contributed by atoms with Gasteiger partial charge < -0.3 is 20.5 Å². The van der Waals surface area contributed by atoms with Gasteiger partial charge in [0.05, 0.1) is 12.0 Å². The summed E-state index contributed by atoms with van der Waals surface area (Å²) in [4.78, 5) is 36.9. The number of hydrogen-bond donors (Lipinski definition) is 3. The van der Waals surface area contributed by atoms with E-state index in [0.29, 0.717) is 24.2 Å². The van der Waals surface area contributed by atoms with E-state index < -0.39 is 30.0 Å². The van der Waals surface area contributed by atoms with Crippen LogP contribution in [0.1, 0.15) is 44.1 Å². The monoisotopic (exact) mass is 433 g/mol. The van der Waals surface area contributed by atoms with Crippen LogP contribution >= 0.6 is 0 Å². The van der Waals surface area contributed by atoms with E-state index in [-0.39, 0.29) is 41.0 Å². The van der Waals surface area contributed by atoms with E-state index in [9.17, 15) is 19.5 Å². The minimum atomic E-state index is -1.30. The Morgan fingerprint density at radius 3 is 2.10 bits per heavy atom. The summed E-state index contributed by atoms with van der Waals surface area (Å²) in [5, 5.41) is 19.7. The van der Waals surface area contributed by atoms with Gasteiger partial charge >= 0.3 is 29.6 Å². The maximum absolute atomic E-state index is 13.4. The smallest absolute Gasteiger partial charge is 0.548 e. The van der Waals surface area contributed by atoms with E-state index in [1.807, 2.05) is 30.3 Å². The molecular weight excluding hydrogens is 405 g/mol. The fourth-order valence-electron chi connectivity index (χ4n) is 6.50. The van der Waals surface area contributed by atoms with E-state index in [1.54, 1.807) is 0 Å². The first kappa shape index (κ1) is 22.8. The fourth-order valence-corrected chi connectivity index (χ4v) is 6.50. The molecule has 6 rings (SSSR count). The maximum Gasteiger partial charge on any atom is 1.00 e. The molecule has 0 aromatic heterocycles. The van der Waals surface area contributed by atoms with Crippen molar-refractivity contribution < 1.29 is 49.0 Å². The van der Waals surface area contributed by atoms with E-state index in [2.05, 4.69) is 16.0 Å². The molecule has 5 fully saturated rings. The van der Waals surface area contributed by atoms with Gasteiger partial charge in [0, 0.05) is 12.0 Å². The fraction of sp³-hybridized carbons (Fsp3) is 0.609. The molecule has 0 radical (unpaired) electrons. The number of carboxylic acids is 1. The molecule has 3 N–H and O–H groups in total. The molecule has 4 bridgehead atoms. The number of carbonyl (C=O) groups excluding carboxylic acids is 3. The first-order valence-electron chi connectivity index (χ1n) is 11.0. The molecule has 1 aromatic carbocycles. The largest absolute Gasteiger partial charge is 1.00 e. The van der Waals surface area contributed by atoms with Crippen molar-refractivity contribution in [3.05, 3.63) is 35.9 Å². The average Bonchev–Trinajstić information content (AvgIpc) is 3.48. The van der Waals surface area contributed by atoms with Gasteiger partial charge in [-0.25, -0.2) is 0 Å². The molecule has 4 saturated carbocycles. The summed E-state index contributed by atoms with van der Waals surface area (Å²) in [7, 11) is 0. The van der Waals surface area contributed by atoms with Gasteiger partial charge in [0.15, 0.2) is 0 Å². The van der Waals surface area contributed by atoms with Crippen molar-refractivity contribution in [1.82, 2.24) is 16.0 Å². The molecule has 1 aliphatic heterocycles. The summed E-state index contributed by atoms with van der Waals surface area (Å²) in [5.74, 6) is 0.188. The molecule has 1 saturated heterocycles. The normalized spacial score (nSPS) is 35.5. The van der Waals surface area contributed by atoms with Gasteiger partial charge in [0.2, 0.25) is 11.8 Å². The Kier molecular flexibility index (Phi) is 6.50. The van der Waals surface area contributed by atoms with E-state index in [0.717, 1.165) is 24.8 Å². The number of hydrogen-bond acceptors (Lipinski definition) is 5.